The molecule has 0 saturated heterocycles. The van der Waals surface area contributed by atoms with Crippen LogP contribution in [0, 0.1) is 5.82 Å². The number of ether oxygens (including phenoxy) is 2. The molecule has 0 spiro atoms. The minimum absolute atomic E-state index is 0.320. The van der Waals surface area contributed by atoms with Gasteiger partial charge in [0.25, 0.3) is 0 Å². The van der Waals surface area contributed by atoms with Crippen molar-refractivity contribution >= 4 is 0 Å². The van der Waals surface area contributed by atoms with E-state index in [2.05, 4.69) is 4.98 Å². The summed E-state index contributed by atoms with van der Waals surface area (Å²) in [5, 5.41) is 0. The van der Waals surface area contributed by atoms with E-state index in [-0.39, 0.29) is 11.9 Å². The van der Waals surface area contributed by atoms with Gasteiger partial charge in [-0.15, -0.1) is 0 Å². The van der Waals surface area contributed by atoms with E-state index in [1.807, 2.05) is 49.4 Å². The first-order valence-electron chi connectivity index (χ1n) is 7.69. The summed E-state index contributed by atoms with van der Waals surface area (Å²) in [6.07, 6.45) is 1.37. The number of benzene rings is 2. The monoisotopic (exact) mass is 323 g/mol. The van der Waals surface area contributed by atoms with Gasteiger partial charge >= 0.3 is 0 Å². The number of hydrogen-bond acceptors (Lipinski definition) is 3. The maximum absolute atomic E-state index is 13.6. The van der Waals surface area contributed by atoms with E-state index >= 15 is 0 Å². The Hall–Kier alpha value is -2.88. The number of halogens is 1. The molecule has 3 nitrogen and oxygen atoms in total. The average molecular weight is 323 g/mol. The van der Waals surface area contributed by atoms with Gasteiger partial charge in [0.15, 0.2) is 0 Å². The number of rotatable bonds is 5. The molecule has 1 heterocycles. The van der Waals surface area contributed by atoms with Gasteiger partial charge < -0.3 is 9.47 Å². The second-order valence-electron chi connectivity index (χ2n) is 5.36. The van der Waals surface area contributed by atoms with Crippen LogP contribution in [0.2, 0.25) is 0 Å². The van der Waals surface area contributed by atoms with E-state index in [0.717, 1.165) is 11.3 Å². The third-order valence-corrected chi connectivity index (χ3v) is 3.76. The second-order valence-corrected chi connectivity index (χ2v) is 5.36. The Labute approximate surface area is 140 Å². The molecule has 24 heavy (non-hydrogen) atoms. The summed E-state index contributed by atoms with van der Waals surface area (Å²) in [6.45, 7) is 1.87. The molecule has 0 radical (unpaired) electrons. The Morgan fingerprint density at radius 3 is 2.50 bits per heavy atom. The van der Waals surface area contributed by atoms with Crippen LogP contribution in [-0.2, 0) is 0 Å². The first-order valence-corrected chi connectivity index (χ1v) is 7.69. The van der Waals surface area contributed by atoms with Crippen LogP contribution >= 0.6 is 0 Å². The molecule has 0 fully saturated rings. The summed E-state index contributed by atoms with van der Waals surface area (Å²) in [6, 6.07) is 17.8. The Morgan fingerprint density at radius 1 is 0.958 bits per heavy atom. The van der Waals surface area contributed by atoms with E-state index in [9.17, 15) is 4.39 Å². The number of hydrogen-bond donors (Lipinski definition) is 0. The normalized spacial score (nSPS) is 11.8. The molecule has 0 aliphatic rings. The largest absolute Gasteiger partial charge is 0.496 e. The smallest absolute Gasteiger partial charge is 0.129 e. The van der Waals surface area contributed by atoms with Crippen LogP contribution in [0.3, 0.4) is 0 Å². The number of para-hydroxylation sites is 1. The first kappa shape index (κ1) is 16.0. The SMILES string of the molecule is COc1ccc(F)cc1[C@H](C)Oc1ccccc1-c1ccccn1. The molecular formula is C20H18FNO2. The van der Waals surface area contributed by atoms with Crippen LogP contribution in [0.4, 0.5) is 4.39 Å². The maximum Gasteiger partial charge on any atom is 0.129 e. The summed E-state index contributed by atoms with van der Waals surface area (Å²) in [5.41, 5.74) is 2.38. The molecule has 4 heteroatoms. The van der Waals surface area contributed by atoms with Gasteiger partial charge in [0.1, 0.15) is 23.4 Å². The number of aromatic nitrogens is 1. The molecule has 0 bridgehead atoms. The van der Waals surface area contributed by atoms with E-state index in [1.165, 1.54) is 12.1 Å². The maximum atomic E-state index is 13.6. The Balaban J connectivity index is 1.94. The van der Waals surface area contributed by atoms with Crippen LogP contribution in [0.1, 0.15) is 18.6 Å². The summed E-state index contributed by atoms with van der Waals surface area (Å²) >= 11 is 0. The van der Waals surface area contributed by atoms with Crippen LogP contribution in [-0.4, -0.2) is 12.1 Å². The first-order chi connectivity index (χ1) is 11.7. The lowest BCUT2D eigenvalue weighted by atomic mass is 10.1. The molecule has 0 aliphatic carbocycles. The van der Waals surface area contributed by atoms with E-state index in [4.69, 9.17) is 9.47 Å². The molecule has 122 valence electrons. The van der Waals surface area contributed by atoms with Gasteiger partial charge in [0, 0.05) is 17.3 Å². The fourth-order valence-electron chi connectivity index (χ4n) is 2.58. The van der Waals surface area contributed by atoms with Crippen molar-refractivity contribution < 1.29 is 13.9 Å². The summed E-state index contributed by atoms with van der Waals surface area (Å²) < 4.78 is 25.0. The standard InChI is InChI=1S/C20H18FNO2/c1-14(17-13-15(21)10-11-19(17)23-2)24-20-9-4-3-7-16(20)18-8-5-6-12-22-18/h3-14H,1-2H3/t14-/m0/s1. The Morgan fingerprint density at radius 2 is 1.75 bits per heavy atom. The second kappa shape index (κ2) is 7.13. The predicted molar refractivity (Wildman–Crippen MR) is 91.7 cm³/mol. The van der Waals surface area contributed by atoms with E-state index in [0.29, 0.717) is 17.1 Å². The van der Waals surface area contributed by atoms with Crippen molar-refractivity contribution in [3.05, 3.63) is 78.2 Å². The zero-order valence-corrected chi connectivity index (χ0v) is 13.6. The van der Waals surface area contributed by atoms with Crippen molar-refractivity contribution in [3.63, 3.8) is 0 Å². The van der Waals surface area contributed by atoms with Crippen molar-refractivity contribution in [1.82, 2.24) is 4.98 Å². The number of methoxy groups -OCH3 is 1. The fourth-order valence-corrected chi connectivity index (χ4v) is 2.58. The van der Waals surface area contributed by atoms with Crippen LogP contribution < -0.4 is 9.47 Å². The molecular weight excluding hydrogens is 305 g/mol. The van der Waals surface area contributed by atoms with Gasteiger partial charge in [0.05, 0.1) is 12.8 Å². The zero-order chi connectivity index (χ0) is 16.9. The fraction of sp³-hybridized carbons (Fsp3) is 0.150. The lowest BCUT2D eigenvalue weighted by Crippen LogP contribution is -2.06. The molecule has 3 rings (SSSR count). The van der Waals surface area contributed by atoms with Gasteiger partial charge in [-0.25, -0.2) is 4.39 Å². The van der Waals surface area contributed by atoms with Gasteiger partial charge in [0.2, 0.25) is 0 Å². The average Bonchev–Trinajstić information content (AvgIpc) is 2.63. The molecule has 0 aliphatic heterocycles. The highest BCUT2D eigenvalue weighted by molar-refractivity contribution is 5.66. The van der Waals surface area contributed by atoms with Gasteiger partial charge in [-0.05, 0) is 49.4 Å². The predicted octanol–water partition coefficient (Wildman–Crippen LogP) is 5.04. The summed E-state index contributed by atoms with van der Waals surface area (Å²) in [4.78, 5) is 4.37. The topological polar surface area (TPSA) is 31.4 Å². The lowest BCUT2D eigenvalue weighted by molar-refractivity contribution is 0.221. The van der Waals surface area contributed by atoms with Crippen molar-refractivity contribution in [2.75, 3.05) is 7.11 Å². The highest BCUT2D eigenvalue weighted by Gasteiger charge is 2.16. The number of nitrogens with zero attached hydrogens (tertiary/aromatic N) is 1. The highest BCUT2D eigenvalue weighted by atomic mass is 19.1. The lowest BCUT2D eigenvalue weighted by Gasteiger charge is -2.19. The van der Waals surface area contributed by atoms with E-state index < -0.39 is 0 Å². The van der Waals surface area contributed by atoms with Gasteiger partial charge in [-0.2, -0.15) is 0 Å². The Kier molecular flexibility index (Phi) is 4.75. The minimum atomic E-state index is -0.375. The van der Waals surface area contributed by atoms with Crippen molar-refractivity contribution in [3.8, 4) is 22.8 Å². The third-order valence-electron chi connectivity index (χ3n) is 3.76. The molecule has 0 N–H and O–H groups in total. The zero-order valence-electron chi connectivity index (χ0n) is 13.6. The van der Waals surface area contributed by atoms with Gasteiger partial charge in [-0.3, -0.25) is 4.98 Å². The highest BCUT2D eigenvalue weighted by Crippen LogP contribution is 2.34. The molecule has 0 amide bonds. The minimum Gasteiger partial charge on any atom is -0.496 e. The molecule has 0 saturated carbocycles. The third kappa shape index (κ3) is 3.38. The molecule has 1 atom stereocenters. The number of pyridine rings is 1. The molecule has 1 aromatic heterocycles. The van der Waals surface area contributed by atoms with Crippen molar-refractivity contribution in [2.45, 2.75) is 13.0 Å². The van der Waals surface area contributed by atoms with Crippen LogP contribution in [0.5, 0.6) is 11.5 Å². The van der Waals surface area contributed by atoms with Gasteiger partial charge in [-0.1, -0.05) is 18.2 Å². The van der Waals surface area contributed by atoms with E-state index in [1.54, 1.807) is 19.4 Å². The summed E-state index contributed by atoms with van der Waals surface area (Å²) in [7, 11) is 1.56. The van der Waals surface area contributed by atoms with Crippen LogP contribution in [0.15, 0.2) is 66.9 Å². The van der Waals surface area contributed by atoms with Crippen molar-refractivity contribution in [2.24, 2.45) is 0 Å². The van der Waals surface area contributed by atoms with Crippen molar-refractivity contribution in [1.29, 1.82) is 0 Å². The molecule has 2 aromatic carbocycles. The Bertz CT molecular complexity index is 821. The quantitative estimate of drug-likeness (QED) is 0.659. The summed E-state index contributed by atoms with van der Waals surface area (Å²) in [5.74, 6) is 0.966. The van der Waals surface area contributed by atoms with Crippen LogP contribution in [0.25, 0.3) is 11.3 Å². The molecule has 0 unspecified atom stereocenters. The molecule has 3 aromatic rings.